The maximum atomic E-state index is 9.25. The molecule has 0 spiro atoms. The Morgan fingerprint density at radius 2 is 2.00 bits per heavy atom. The first kappa shape index (κ1) is 12.9. The van der Waals surface area contributed by atoms with Crippen molar-refractivity contribution in [1.29, 1.82) is 0 Å². The highest BCUT2D eigenvalue weighted by Gasteiger charge is 2.06. The third kappa shape index (κ3) is 2.72. The fraction of sp³-hybridized carbons (Fsp3) is 0.200. The van der Waals surface area contributed by atoms with Gasteiger partial charge in [-0.1, -0.05) is 12.1 Å². The smallest absolute Gasteiger partial charge is 0.138 e. The Bertz CT molecular complexity index is 722. The van der Waals surface area contributed by atoms with Gasteiger partial charge in [-0.05, 0) is 37.1 Å². The molecule has 0 bridgehead atoms. The number of phenols is 1. The molecule has 0 saturated carbocycles. The van der Waals surface area contributed by atoms with E-state index in [4.69, 9.17) is 0 Å². The molecule has 0 fully saturated rings. The van der Waals surface area contributed by atoms with Crippen LogP contribution >= 0.6 is 11.3 Å². The van der Waals surface area contributed by atoms with E-state index in [1.807, 2.05) is 12.1 Å². The number of nitrogens with zero attached hydrogens (tertiary/aromatic N) is 2. The van der Waals surface area contributed by atoms with Crippen molar-refractivity contribution in [3.63, 3.8) is 0 Å². The minimum Gasteiger partial charge on any atom is -0.508 e. The molecule has 2 N–H and O–H groups in total. The van der Waals surface area contributed by atoms with Crippen LogP contribution in [0, 0.1) is 6.92 Å². The largest absolute Gasteiger partial charge is 0.508 e. The van der Waals surface area contributed by atoms with Crippen LogP contribution in [0.2, 0.25) is 0 Å². The van der Waals surface area contributed by atoms with Gasteiger partial charge in [0.05, 0.1) is 5.39 Å². The molecular weight excluding hydrogens is 270 g/mol. The first-order valence-electron chi connectivity index (χ1n) is 6.45. The van der Waals surface area contributed by atoms with Gasteiger partial charge in [0.25, 0.3) is 0 Å². The van der Waals surface area contributed by atoms with Gasteiger partial charge in [0.2, 0.25) is 0 Å². The number of nitrogens with one attached hydrogen (secondary N) is 1. The molecule has 3 aromatic rings. The molecule has 2 aromatic heterocycles. The van der Waals surface area contributed by atoms with E-state index >= 15 is 0 Å². The van der Waals surface area contributed by atoms with Crippen molar-refractivity contribution in [1.82, 2.24) is 9.97 Å². The van der Waals surface area contributed by atoms with Crippen molar-refractivity contribution in [2.45, 2.75) is 13.3 Å². The summed E-state index contributed by atoms with van der Waals surface area (Å²) in [5.74, 6) is 1.19. The molecule has 20 heavy (non-hydrogen) atoms. The molecule has 102 valence electrons. The van der Waals surface area contributed by atoms with Crippen molar-refractivity contribution < 1.29 is 5.11 Å². The Morgan fingerprint density at radius 3 is 2.80 bits per heavy atom. The fourth-order valence-electron chi connectivity index (χ4n) is 2.10. The molecule has 0 saturated heterocycles. The Labute approximate surface area is 121 Å². The predicted molar refractivity (Wildman–Crippen MR) is 82.5 cm³/mol. The summed E-state index contributed by atoms with van der Waals surface area (Å²) in [6.07, 6.45) is 2.48. The molecule has 5 heteroatoms. The second-order valence-corrected chi connectivity index (χ2v) is 5.88. The van der Waals surface area contributed by atoms with E-state index in [1.54, 1.807) is 29.8 Å². The maximum absolute atomic E-state index is 9.25. The number of thiophene rings is 1. The second-order valence-electron chi connectivity index (χ2n) is 4.64. The van der Waals surface area contributed by atoms with E-state index in [0.29, 0.717) is 5.75 Å². The highest BCUT2D eigenvalue weighted by Crippen LogP contribution is 2.27. The highest BCUT2D eigenvalue weighted by molar-refractivity contribution is 7.18. The van der Waals surface area contributed by atoms with Gasteiger partial charge in [-0.2, -0.15) is 0 Å². The number of hydrogen-bond donors (Lipinski definition) is 2. The summed E-state index contributed by atoms with van der Waals surface area (Å²) in [5.41, 5.74) is 1.18. The minimum atomic E-state index is 0.299. The molecule has 0 amide bonds. The zero-order chi connectivity index (χ0) is 13.9. The zero-order valence-corrected chi connectivity index (χ0v) is 11.9. The number of aryl methyl sites for hydroxylation is 1. The highest BCUT2D eigenvalue weighted by atomic mass is 32.1. The number of phenolic OH excluding ortho intramolecular Hbond substituents is 1. The van der Waals surface area contributed by atoms with Crippen LogP contribution in [-0.2, 0) is 6.42 Å². The summed E-state index contributed by atoms with van der Waals surface area (Å²) in [5, 5.41) is 13.7. The Hall–Kier alpha value is -2.14. The lowest BCUT2D eigenvalue weighted by Gasteiger charge is -2.06. The van der Waals surface area contributed by atoms with E-state index in [-0.39, 0.29) is 0 Å². The van der Waals surface area contributed by atoms with E-state index in [2.05, 4.69) is 28.3 Å². The molecule has 3 rings (SSSR count). The van der Waals surface area contributed by atoms with Gasteiger partial charge in [0.15, 0.2) is 0 Å². The van der Waals surface area contributed by atoms with Gasteiger partial charge >= 0.3 is 0 Å². The molecule has 0 aliphatic carbocycles. The lowest BCUT2D eigenvalue weighted by Crippen LogP contribution is -2.06. The standard InChI is InChI=1S/C15H15N3OS/c1-10-8-13-14(17-9-18-15(13)20-10)16-7-6-11-2-4-12(19)5-3-11/h2-5,8-9,19H,6-7H2,1H3,(H,16,17,18). The normalized spacial score (nSPS) is 10.8. The lowest BCUT2D eigenvalue weighted by molar-refractivity contribution is 0.475. The maximum Gasteiger partial charge on any atom is 0.138 e. The van der Waals surface area contributed by atoms with Crippen LogP contribution < -0.4 is 5.32 Å². The minimum absolute atomic E-state index is 0.299. The summed E-state index contributed by atoms with van der Waals surface area (Å²) in [6, 6.07) is 9.40. The molecule has 0 aliphatic heterocycles. The monoisotopic (exact) mass is 285 g/mol. The fourth-order valence-corrected chi connectivity index (χ4v) is 2.95. The van der Waals surface area contributed by atoms with Crippen LogP contribution in [0.15, 0.2) is 36.7 Å². The van der Waals surface area contributed by atoms with Gasteiger partial charge in [-0.3, -0.25) is 0 Å². The first-order valence-corrected chi connectivity index (χ1v) is 7.27. The van der Waals surface area contributed by atoms with Crippen LogP contribution in [0.3, 0.4) is 0 Å². The molecule has 2 heterocycles. The number of aromatic nitrogens is 2. The van der Waals surface area contributed by atoms with Crippen LogP contribution in [0.25, 0.3) is 10.2 Å². The van der Waals surface area contributed by atoms with Crippen molar-refractivity contribution in [2.24, 2.45) is 0 Å². The van der Waals surface area contributed by atoms with E-state index < -0.39 is 0 Å². The molecular formula is C15H15N3OS. The third-order valence-electron chi connectivity index (χ3n) is 3.10. The first-order chi connectivity index (χ1) is 9.72. The number of fused-ring (bicyclic) bond motifs is 1. The summed E-state index contributed by atoms with van der Waals surface area (Å²) in [4.78, 5) is 10.8. The Kier molecular flexibility index (Phi) is 3.52. The van der Waals surface area contributed by atoms with Gasteiger partial charge in [-0.25, -0.2) is 9.97 Å². The molecule has 4 nitrogen and oxygen atoms in total. The van der Waals surface area contributed by atoms with Crippen molar-refractivity contribution >= 4 is 27.4 Å². The molecule has 0 atom stereocenters. The Morgan fingerprint density at radius 1 is 1.20 bits per heavy atom. The third-order valence-corrected chi connectivity index (χ3v) is 4.05. The molecule has 0 radical (unpaired) electrons. The predicted octanol–water partition coefficient (Wildman–Crippen LogP) is 3.36. The van der Waals surface area contributed by atoms with Crippen LogP contribution in [0.5, 0.6) is 5.75 Å². The number of hydrogen-bond acceptors (Lipinski definition) is 5. The van der Waals surface area contributed by atoms with Gasteiger partial charge in [0.1, 0.15) is 22.7 Å². The number of rotatable bonds is 4. The van der Waals surface area contributed by atoms with Crippen LogP contribution in [0.4, 0.5) is 5.82 Å². The summed E-state index contributed by atoms with van der Waals surface area (Å²) in [7, 11) is 0. The molecule has 1 aromatic carbocycles. The van der Waals surface area contributed by atoms with Gasteiger partial charge < -0.3 is 10.4 Å². The van der Waals surface area contributed by atoms with E-state index in [0.717, 1.165) is 29.0 Å². The number of benzene rings is 1. The van der Waals surface area contributed by atoms with Crippen molar-refractivity contribution in [3.05, 3.63) is 47.1 Å². The summed E-state index contributed by atoms with van der Waals surface area (Å²) >= 11 is 1.68. The van der Waals surface area contributed by atoms with Gasteiger partial charge in [0, 0.05) is 11.4 Å². The zero-order valence-electron chi connectivity index (χ0n) is 11.1. The summed E-state index contributed by atoms with van der Waals surface area (Å²) in [6.45, 7) is 2.87. The quantitative estimate of drug-likeness (QED) is 0.771. The second kappa shape index (κ2) is 5.46. The van der Waals surface area contributed by atoms with Gasteiger partial charge in [-0.15, -0.1) is 11.3 Å². The van der Waals surface area contributed by atoms with E-state index in [9.17, 15) is 5.11 Å². The number of anilines is 1. The van der Waals surface area contributed by atoms with Crippen molar-refractivity contribution in [2.75, 3.05) is 11.9 Å². The molecule has 0 unspecified atom stereocenters. The topological polar surface area (TPSA) is 58.0 Å². The van der Waals surface area contributed by atoms with Crippen molar-refractivity contribution in [3.8, 4) is 5.75 Å². The summed E-state index contributed by atoms with van der Waals surface area (Å²) < 4.78 is 0. The molecule has 0 aliphatic rings. The van der Waals surface area contributed by atoms with Crippen LogP contribution in [-0.4, -0.2) is 21.6 Å². The van der Waals surface area contributed by atoms with Crippen LogP contribution in [0.1, 0.15) is 10.4 Å². The average molecular weight is 285 g/mol. The lowest BCUT2D eigenvalue weighted by atomic mass is 10.1. The number of aromatic hydroxyl groups is 1. The SMILES string of the molecule is Cc1cc2c(NCCc3ccc(O)cc3)ncnc2s1. The average Bonchev–Trinajstić information content (AvgIpc) is 2.82. The Balaban J connectivity index is 1.69. The van der Waals surface area contributed by atoms with E-state index in [1.165, 1.54) is 10.4 Å².